The highest BCUT2D eigenvalue weighted by molar-refractivity contribution is 5.86. The average molecular weight is 212 g/mol. The van der Waals surface area contributed by atoms with E-state index in [9.17, 15) is 4.79 Å². The fourth-order valence-corrected chi connectivity index (χ4v) is 2.74. The van der Waals surface area contributed by atoms with Gasteiger partial charge in [-0.05, 0) is 12.8 Å². The number of rotatable bonds is 4. The van der Waals surface area contributed by atoms with Gasteiger partial charge in [-0.25, -0.2) is 0 Å². The molecule has 0 radical (unpaired) electrons. The lowest BCUT2D eigenvalue weighted by molar-refractivity contribution is -0.135. The second-order valence-corrected chi connectivity index (χ2v) is 4.84. The Labute approximate surface area is 90.5 Å². The van der Waals surface area contributed by atoms with Crippen molar-refractivity contribution in [3.8, 4) is 0 Å². The van der Waals surface area contributed by atoms with E-state index in [1.54, 1.807) is 7.11 Å². The third kappa shape index (κ3) is 2.01. The Morgan fingerprint density at radius 2 is 2.00 bits per heavy atom. The average Bonchev–Trinajstić information content (AvgIpc) is 2.62. The van der Waals surface area contributed by atoms with Gasteiger partial charge in [-0.3, -0.25) is 4.79 Å². The minimum atomic E-state index is -0.477. The van der Waals surface area contributed by atoms with Crippen LogP contribution in [0.3, 0.4) is 0 Å². The molecule has 0 aromatic carbocycles. The number of hydrogen-bond donors (Lipinski definition) is 2. The van der Waals surface area contributed by atoms with Gasteiger partial charge in [-0.15, -0.1) is 0 Å². The van der Waals surface area contributed by atoms with E-state index < -0.39 is 5.54 Å². The van der Waals surface area contributed by atoms with Crippen LogP contribution in [0.4, 0.5) is 0 Å². The lowest BCUT2D eigenvalue weighted by atomic mass is 9.73. The van der Waals surface area contributed by atoms with Crippen LogP contribution in [0, 0.1) is 0 Å². The summed E-state index contributed by atoms with van der Waals surface area (Å²) in [6.45, 7) is 0. The van der Waals surface area contributed by atoms with Gasteiger partial charge < -0.3 is 15.8 Å². The first-order valence-corrected chi connectivity index (χ1v) is 5.77. The molecule has 1 amide bonds. The van der Waals surface area contributed by atoms with E-state index in [1.807, 2.05) is 0 Å². The Morgan fingerprint density at radius 3 is 2.47 bits per heavy atom. The highest BCUT2D eigenvalue weighted by atomic mass is 16.5. The van der Waals surface area contributed by atoms with Crippen molar-refractivity contribution in [2.45, 2.75) is 56.2 Å². The smallest absolute Gasteiger partial charge is 0.237 e. The van der Waals surface area contributed by atoms with Gasteiger partial charge >= 0.3 is 0 Å². The third-order valence-corrected chi connectivity index (χ3v) is 3.79. The summed E-state index contributed by atoms with van der Waals surface area (Å²) in [7, 11) is 1.69. The van der Waals surface area contributed by atoms with Crippen molar-refractivity contribution in [2.75, 3.05) is 7.11 Å². The molecule has 2 aliphatic rings. The second kappa shape index (κ2) is 4.10. The van der Waals surface area contributed by atoms with Crippen LogP contribution in [0.25, 0.3) is 0 Å². The first-order valence-electron chi connectivity index (χ1n) is 5.77. The third-order valence-electron chi connectivity index (χ3n) is 3.79. The van der Waals surface area contributed by atoms with Gasteiger partial charge in [0.15, 0.2) is 0 Å². The number of carbonyl (C=O) groups is 1. The van der Waals surface area contributed by atoms with E-state index >= 15 is 0 Å². The van der Waals surface area contributed by atoms with Crippen LogP contribution in [0.5, 0.6) is 0 Å². The van der Waals surface area contributed by atoms with Crippen molar-refractivity contribution >= 4 is 5.91 Å². The molecule has 0 atom stereocenters. The van der Waals surface area contributed by atoms with Crippen molar-refractivity contribution in [1.82, 2.24) is 5.32 Å². The Hall–Kier alpha value is -0.610. The number of nitrogens with two attached hydrogens (primary N) is 1. The summed E-state index contributed by atoms with van der Waals surface area (Å²) in [5.41, 5.74) is 4.99. The normalized spacial score (nSPS) is 36.5. The molecule has 0 heterocycles. The molecule has 2 aliphatic carbocycles. The maximum absolute atomic E-state index is 11.5. The number of nitrogens with one attached hydrogen (secondary N) is 1. The zero-order valence-electron chi connectivity index (χ0n) is 9.29. The number of carbonyl (C=O) groups excluding carboxylic acids is 1. The quantitative estimate of drug-likeness (QED) is 0.715. The summed E-state index contributed by atoms with van der Waals surface area (Å²) in [4.78, 5) is 11.5. The lowest BCUT2D eigenvalue weighted by Gasteiger charge is -2.46. The summed E-state index contributed by atoms with van der Waals surface area (Å²) in [5.74, 6) is -0.220. The van der Waals surface area contributed by atoms with Crippen LogP contribution in [-0.2, 0) is 9.53 Å². The van der Waals surface area contributed by atoms with Crippen molar-refractivity contribution in [3.63, 3.8) is 0 Å². The molecule has 0 aliphatic heterocycles. The first-order chi connectivity index (χ1) is 7.16. The predicted octanol–water partition coefficient (Wildman–Crippen LogP) is 0.551. The number of ether oxygens (including phenoxy) is 1. The molecule has 0 spiro atoms. The molecule has 4 nitrogen and oxygen atoms in total. The van der Waals surface area contributed by atoms with Crippen molar-refractivity contribution in [2.24, 2.45) is 5.73 Å². The molecule has 0 aromatic heterocycles. The Kier molecular flexibility index (Phi) is 2.98. The first kappa shape index (κ1) is 10.9. The highest BCUT2D eigenvalue weighted by Gasteiger charge is 2.50. The lowest BCUT2D eigenvalue weighted by Crippen LogP contribution is -2.67. The van der Waals surface area contributed by atoms with Crippen LogP contribution in [-0.4, -0.2) is 30.7 Å². The Bertz CT molecular complexity index is 243. The second-order valence-electron chi connectivity index (χ2n) is 4.84. The van der Waals surface area contributed by atoms with Gasteiger partial charge in [0.25, 0.3) is 0 Å². The molecular formula is C11H20N2O2. The predicted molar refractivity (Wildman–Crippen MR) is 57.3 cm³/mol. The maximum atomic E-state index is 11.5. The molecule has 0 saturated heterocycles. The Balaban J connectivity index is 1.93. The van der Waals surface area contributed by atoms with Crippen LogP contribution >= 0.6 is 0 Å². The van der Waals surface area contributed by atoms with E-state index in [4.69, 9.17) is 10.5 Å². The van der Waals surface area contributed by atoms with E-state index in [-0.39, 0.29) is 12.0 Å². The Morgan fingerprint density at radius 1 is 1.40 bits per heavy atom. The SMILES string of the molecule is COC1CC(NC2CCCC2)(C(N)=O)C1. The van der Waals surface area contributed by atoms with E-state index in [2.05, 4.69) is 5.32 Å². The molecule has 0 unspecified atom stereocenters. The fraction of sp³-hybridized carbons (Fsp3) is 0.909. The zero-order valence-corrected chi connectivity index (χ0v) is 9.29. The molecular weight excluding hydrogens is 192 g/mol. The molecule has 15 heavy (non-hydrogen) atoms. The zero-order chi connectivity index (χ0) is 10.9. The van der Waals surface area contributed by atoms with Crippen molar-refractivity contribution < 1.29 is 9.53 Å². The summed E-state index contributed by atoms with van der Waals surface area (Å²) in [5, 5.41) is 3.44. The van der Waals surface area contributed by atoms with E-state index in [0.717, 1.165) is 12.8 Å². The topological polar surface area (TPSA) is 64.3 Å². The van der Waals surface area contributed by atoms with E-state index in [0.29, 0.717) is 6.04 Å². The standard InChI is InChI=1S/C11H20N2O2/c1-15-9-6-11(7-9,10(12)14)13-8-4-2-3-5-8/h8-9,13H,2-7H2,1H3,(H2,12,14). The van der Waals surface area contributed by atoms with Gasteiger partial charge in [0.2, 0.25) is 5.91 Å². The van der Waals surface area contributed by atoms with Crippen molar-refractivity contribution in [3.05, 3.63) is 0 Å². The number of amides is 1. The number of methoxy groups -OCH3 is 1. The van der Waals surface area contributed by atoms with Crippen LogP contribution in [0.2, 0.25) is 0 Å². The summed E-state index contributed by atoms with van der Waals surface area (Å²) < 4.78 is 5.21. The molecule has 86 valence electrons. The molecule has 0 bridgehead atoms. The van der Waals surface area contributed by atoms with Crippen LogP contribution in [0.1, 0.15) is 38.5 Å². The fourth-order valence-electron chi connectivity index (χ4n) is 2.74. The number of primary amides is 1. The molecule has 2 saturated carbocycles. The van der Waals surface area contributed by atoms with Gasteiger partial charge in [0.05, 0.1) is 6.10 Å². The molecule has 2 fully saturated rings. The summed E-state index contributed by atoms with van der Waals surface area (Å²) in [6.07, 6.45) is 6.54. The molecule has 2 rings (SSSR count). The van der Waals surface area contributed by atoms with Crippen LogP contribution < -0.4 is 11.1 Å². The highest BCUT2D eigenvalue weighted by Crippen LogP contribution is 2.36. The number of hydrogen-bond acceptors (Lipinski definition) is 3. The van der Waals surface area contributed by atoms with Gasteiger partial charge in [0, 0.05) is 26.0 Å². The monoisotopic (exact) mass is 212 g/mol. The molecule has 4 heteroatoms. The minimum Gasteiger partial charge on any atom is -0.381 e. The van der Waals surface area contributed by atoms with Crippen molar-refractivity contribution in [1.29, 1.82) is 0 Å². The molecule has 0 aromatic rings. The largest absolute Gasteiger partial charge is 0.381 e. The molecule has 3 N–H and O–H groups in total. The van der Waals surface area contributed by atoms with Gasteiger partial charge in [0.1, 0.15) is 5.54 Å². The maximum Gasteiger partial charge on any atom is 0.237 e. The van der Waals surface area contributed by atoms with E-state index in [1.165, 1.54) is 25.7 Å². The summed E-state index contributed by atoms with van der Waals surface area (Å²) >= 11 is 0. The van der Waals surface area contributed by atoms with Gasteiger partial charge in [-0.1, -0.05) is 12.8 Å². The van der Waals surface area contributed by atoms with Crippen LogP contribution in [0.15, 0.2) is 0 Å². The minimum absolute atomic E-state index is 0.200. The van der Waals surface area contributed by atoms with Gasteiger partial charge in [-0.2, -0.15) is 0 Å². The summed E-state index contributed by atoms with van der Waals surface area (Å²) in [6, 6.07) is 0.482.